The van der Waals surface area contributed by atoms with Crippen molar-refractivity contribution >= 4 is 17.7 Å². The molecule has 2 aromatic rings. The second kappa shape index (κ2) is 12.7. The van der Waals surface area contributed by atoms with Crippen LogP contribution in [0.5, 0.6) is 0 Å². The van der Waals surface area contributed by atoms with Crippen molar-refractivity contribution in [2.75, 3.05) is 45.8 Å². The van der Waals surface area contributed by atoms with Crippen LogP contribution in [0.1, 0.15) is 47.2 Å². The van der Waals surface area contributed by atoms with E-state index >= 15 is 0 Å². The summed E-state index contributed by atoms with van der Waals surface area (Å²) in [6, 6.07) is 17.8. The maximum atomic E-state index is 13.4. The number of nitrogens with zero attached hydrogens (tertiary/aromatic N) is 3. The zero-order chi connectivity index (χ0) is 25.3. The van der Waals surface area contributed by atoms with E-state index in [-0.39, 0.29) is 30.1 Å². The molecule has 0 aromatic heterocycles. The molecule has 192 valence electrons. The quantitative estimate of drug-likeness (QED) is 0.715. The number of piperazine rings is 1. The summed E-state index contributed by atoms with van der Waals surface area (Å²) in [5.74, 6) is -0.0888. The third kappa shape index (κ3) is 7.17. The van der Waals surface area contributed by atoms with Crippen LogP contribution in [-0.2, 0) is 16.1 Å². The molecule has 1 N–H and O–H groups in total. The monoisotopic (exact) mass is 490 g/mol. The molecule has 0 saturated carbocycles. The van der Waals surface area contributed by atoms with Crippen molar-refractivity contribution in [2.24, 2.45) is 5.92 Å². The Bertz CT molecular complexity index is 1020. The van der Waals surface area contributed by atoms with Gasteiger partial charge >= 0.3 is 0 Å². The van der Waals surface area contributed by atoms with E-state index < -0.39 is 0 Å². The summed E-state index contributed by atoms with van der Waals surface area (Å²) >= 11 is 0. The third-order valence-electron chi connectivity index (χ3n) is 7.27. The second-order valence-electron chi connectivity index (χ2n) is 9.97. The average molecular weight is 491 g/mol. The van der Waals surface area contributed by atoms with Gasteiger partial charge in [-0.3, -0.25) is 19.3 Å². The van der Waals surface area contributed by atoms with Gasteiger partial charge in [-0.1, -0.05) is 48.0 Å². The van der Waals surface area contributed by atoms with Gasteiger partial charge in [0.15, 0.2) is 0 Å². The molecule has 1 unspecified atom stereocenters. The van der Waals surface area contributed by atoms with E-state index in [1.165, 1.54) is 11.1 Å². The summed E-state index contributed by atoms with van der Waals surface area (Å²) in [6.07, 6.45) is 2.38. The molecule has 36 heavy (non-hydrogen) atoms. The highest BCUT2D eigenvalue weighted by Crippen LogP contribution is 2.19. The zero-order valence-electron chi connectivity index (χ0n) is 21.3. The lowest BCUT2D eigenvalue weighted by molar-refractivity contribution is -0.138. The van der Waals surface area contributed by atoms with Gasteiger partial charge < -0.3 is 15.1 Å². The van der Waals surface area contributed by atoms with Crippen LogP contribution >= 0.6 is 0 Å². The van der Waals surface area contributed by atoms with Gasteiger partial charge in [0.25, 0.3) is 5.91 Å². The molecule has 0 bridgehead atoms. The van der Waals surface area contributed by atoms with Gasteiger partial charge in [0.1, 0.15) is 0 Å². The Hall–Kier alpha value is -3.19. The first-order valence-electron chi connectivity index (χ1n) is 13.2. The van der Waals surface area contributed by atoms with Crippen molar-refractivity contribution in [3.63, 3.8) is 0 Å². The Labute approximate surface area is 214 Å². The Kier molecular flexibility index (Phi) is 9.11. The standard InChI is InChI=1S/C29H38N4O3/c1-23-9-11-24(12-10-23)22-31-18-20-33(21-19-31)29(36)26-8-5-16-32(17-14-27(34)30-15-13-26)28(35)25-6-3-2-4-7-25/h2-4,6-7,9-12,26H,5,8,13-22H2,1H3,(H,30,34). The van der Waals surface area contributed by atoms with Crippen molar-refractivity contribution < 1.29 is 14.4 Å². The minimum absolute atomic E-state index is 0.0600. The van der Waals surface area contributed by atoms with Crippen molar-refractivity contribution in [3.8, 4) is 0 Å². The molecule has 0 spiro atoms. The molecule has 2 heterocycles. The predicted molar refractivity (Wildman–Crippen MR) is 140 cm³/mol. The number of nitrogens with one attached hydrogen (secondary N) is 1. The van der Waals surface area contributed by atoms with Gasteiger partial charge in [-0.25, -0.2) is 0 Å². The van der Waals surface area contributed by atoms with Crippen LogP contribution < -0.4 is 5.32 Å². The molecule has 0 radical (unpaired) electrons. The van der Waals surface area contributed by atoms with Gasteiger partial charge in [-0.05, 0) is 43.9 Å². The highest BCUT2D eigenvalue weighted by molar-refractivity contribution is 5.94. The zero-order valence-corrected chi connectivity index (χ0v) is 21.3. The van der Waals surface area contributed by atoms with Crippen LogP contribution in [0.2, 0.25) is 0 Å². The molecule has 1 atom stereocenters. The number of hydrogen-bond donors (Lipinski definition) is 1. The normalized spacial score (nSPS) is 20.4. The summed E-state index contributed by atoms with van der Waals surface area (Å²) in [7, 11) is 0. The minimum Gasteiger partial charge on any atom is -0.356 e. The van der Waals surface area contributed by atoms with Gasteiger partial charge in [0.05, 0.1) is 0 Å². The van der Waals surface area contributed by atoms with Gasteiger partial charge in [0, 0.05) is 70.3 Å². The van der Waals surface area contributed by atoms with Crippen LogP contribution in [0, 0.1) is 12.8 Å². The third-order valence-corrected chi connectivity index (χ3v) is 7.27. The minimum atomic E-state index is -0.138. The Morgan fingerprint density at radius 3 is 2.31 bits per heavy atom. The van der Waals surface area contributed by atoms with E-state index in [2.05, 4.69) is 41.4 Å². The largest absolute Gasteiger partial charge is 0.356 e. The highest BCUT2D eigenvalue weighted by Gasteiger charge is 2.28. The molecule has 2 aromatic carbocycles. The average Bonchev–Trinajstić information content (AvgIpc) is 2.95. The molecular weight excluding hydrogens is 452 g/mol. The molecule has 7 nitrogen and oxygen atoms in total. The fourth-order valence-corrected chi connectivity index (χ4v) is 5.05. The Morgan fingerprint density at radius 2 is 1.58 bits per heavy atom. The van der Waals surface area contributed by atoms with Crippen LogP contribution in [0.15, 0.2) is 54.6 Å². The summed E-state index contributed by atoms with van der Waals surface area (Å²) < 4.78 is 0. The van der Waals surface area contributed by atoms with Crippen LogP contribution in [0.3, 0.4) is 0 Å². The van der Waals surface area contributed by atoms with E-state index in [4.69, 9.17) is 0 Å². The number of aryl methyl sites for hydroxylation is 1. The van der Waals surface area contributed by atoms with E-state index in [9.17, 15) is 14.4 Å². The predicted octanol–water partition coefficient (Wildman–Crippen LogP) is 3.09. The lowest BCUT2D eigenvalue weighted by atomic mass is 9.96. The number of amides is 3. The first-order chi connectivity index (χ1) is 17.5. The van der Waals surface area contributed by atoms with Gasteiger partial charge in [-0.15, -0.1) is 0 Å². The number of carbonyl (C=O) groups excluding carboxylic acids is 3. The summed E-state index contributed by atoms with van der Waals surface area (Å²) in [5, 5.41) is 2.95. The van der Waals surface area contributed by atoms with Crippen molar-refractivity contribution in [3.05, 3.63) is 71.3 Å². The van der Waals surface area contributed by atoms with Crippen LogP contribution in [0.25, 0.3) is 0 Å². The lowest BCUT2D eigenvalue weighted by Crippen LogP contribution is -2.50. The lowest BCUT2D eigenvalue weighted by Gasteiger charge is -2.36. The molecule has 7 heteroatoms. The first-order valence-corrected chi connectivity index (χ1v) is 13.2. The number of hydrogen-bond acceptors (Lipinski definition) is 4. The van der Waals surface area contributed by atoms with Gasteiger partial charge in [0.2, 0.25) is 11.8 Å². The molecule has 2 saturated heterocycles. The fourth-order valence-electron chi connectivity index (χ4n) is 5.05. The highest BCUT2D eigenvalue weighted by atomic mass is 16.2. The molecule has 0 aliphatic carbocycles. The number of rotatable bonds is 4. The number of carbonyl (C=O) groups is 3. The maximum absolute atomic E-state index is 13.4. The Morgan fingerprint density at radius 1 is 0.861 bits per heavy atom. The van der Waals surface area contributed by atoms with E-state index in [0.29, 0.717) is 31.6 Å². The van der Waals surface area contributed by atoms with E-state index in [0.717, 1.165) is 45.6 Å². The summed E-state index contributed by atoms with van der Waals surface area (Å²) in [4.78, 5) is 44.9. The molecule has 3 amide bonds. The van der Waals surface area contributed by atoms with Crippen LogP contribution in [-0.4, -0.2) is 78.2 Å². The van der Waals surface area contributed by atoms with Crippen molar-refractivity contribution in [2.45, 2.75) is 39.2 Å². The molecular formula is C29H38N4O3. The summed E-state index contributed by atoms with van der Waals surface area (Å²) in [5.41, 5.74) is 3.19. The topological polar surface area (TPSA) is 73.0 Å². The van der Waals surface area contributed by atoms with Crippen LogP contribution in [0.4, 0.5) is 0 Å². The van der Waals surface area contributed by atoms with Gasteiger partial charge in [-0.2, -0.15) is 0 Å². The molecule has 2 fully saturated rings. The molecule has 2 aliphatic rings. The second-order valence-corrected chi connectivity index (χ2v) is 9.97. The maximum Gasteiger partial charge on any atom is 0.253 e. The van der Waals surface area contributed by atoms with E-state index in [1.807, 2.05) is 23.1 Å². The smallest absolute Gasteiger partial charge is 0.253 e. The number of benzene rings is 2. The summed E-state index contributed by atoms with van der Waals surface area (Å²) in [6.45, 7) is 7.62. The van der Waals surface area contributed by atoms with E-state index in [1.54, 1.807) is 17.0 Å². The first kappa shape index (κ1) is 25.9. The van der Waals surface area contributed by atoms with Crippen molar-refractivity contribution in [1.29, 1.82) is 0 Å². The molecule has 4 rings (SSSR count). The Balaban J connectivity index is 1.32. The SMILES string of the molecule is Cc1ccc(CN2CCN(C(=O)C3CCCN(C(=O)c4ccccc4)CCC(=O)NCC3)CC2)cc1. The van der Waals surface area contributed by atoms with Crippen molar-refractivity contribution in [1.82, 2.24) is 20.0 Å². The fraction of sp³-hybridized carbons (Fsp3) is 0.483. The molecule has 2 aliphatic heterocycles.